The van der Waals surface area contributed by atoms with Crippen molar-refractivity contribution in [1.29, 1.82) is 0 Å². The number of anilines is 1. The third-order valence-electron chi connectivity index (χ3n) is 5.11. The molecule has 0 aliphatic carbocycles. The highest BCUT2D eigenvalue weighted by Crippen LogP contribution is 2.21. The van der Waals surface area contributed by atoms with Crippen molar-refractivity contribution >= 4 is 22.6 Å². The van der Waals surface area contributed by atoms with Crippen LogP contribution in [0, 0.1) is 6.92 Å². The number of aryl methyl sites for hydroxylation is 1. The summed E-state index contributed by atoms with van der Waals surface area (Å²) >= 11 is 0. The first-order valence-corrected chi connectivity index (χ1v) is 10.4. The number of carbonyl (C=O) groups excluding carboxylic acids is 1. The first kappa shape index (κ1) is 20.6. The van der Waals surface area contributed by atoms with Gasteiger partial charge in [-0.25, -0.2) is 4.98 Å². The molecule has 1 atom stereocenters. The zero-order chi connectivity index (χ0) is 22.0. The molecule has 0 fully saturated rings. The molecule has 158 valence electrons. The smallest absolute Gasteiger partial charge is 0.266 e. The highest BCUT2D eigenvalue weighted by molar-refractivity contribution is 5.93. The fraction of sp³-hybridized carbons (Fsp3) is 0.240. The number of benzene rings is 2. The van der Waals surface area contributed by atoms with Crippen molar-refractivity contribution < 1.29 is 9.53 Å². The number of para-hydroxylation sites is 1. The Morgan fingerprint density at radius 3 is 2.48 bits per heavy atom. The van der Waals surface area contributed by atoms with Crippen molar-refractivity contribution in [3.8, 4) is 11.6 Å². The number of amides is 1. The van der Waals surface area contributed by atoms with Crippen LogP contribution in [0.5, 0.6) is 5.75 Å². The highest BCUT2D eigenvalue weighted by Gasteiger charge is 2.18. The van der Waals surface area contributed by atoms with Gasteiger partial charge < -0.3 is 10.1 Å². The standard InChI is InChI=1S/C25H26N4O2/c1-16(2)19-9-12-21(13-10-19)31-18(4)25(30)27-24-15-17(3)28-29(24)23-14-11-20-7-5-6-8-22(20)26-23/h5-16,18H,1-4H3,(H,27,30). The molecule has 0 spiro atoms. The van der Waals surface area contributed by atoms with E-state index in [1.165, 1.54) is 5.56 Å². The summed E-state index contributed by atoms with van der Waals surface area (Å²) in [5, 5.41) is 8.48. The van der Waals surface area contributed by atoms with Gasteiger partial charge in [-0.05, 0) is 55.7 Å². The number of rotatable bonds is 6. The van der Waals surface area contributed by atoms with Gasteiger partial charge in [-0.2, -0.15) is 9.78 Å². The van der Waals surface area contributed by atoms with Crippen LogP contribution >= 0.6 is 0 Å². The minimum atomic E-state index is -0.668. The van der Waals surface area contributed by atoms with Crippen molar-refractivity contribution in [2.75, 3.05) is 5.32 Å². The van der Waals surface area contributed by atoms with Gasteiger partial charge in [-0.3, -0.25) is 4.79 Å². The number of nitrogens with zero attached hydrogens (tertiary/aromatic N) is 3. The third kappa shape index (κ3) is 4.58. The summed E-state index contributed by atoms with van der Waals surface area (Å²) in [6.45, 7) is 7.89. The highest BCUT2D eigenvalue weighted by atomic mass is 16.5. The monoisotopic (exact) mass is 414 g/mol. The molecule has 31 heavy (non-hydrogen) atoms. The summed E-state index contributed by atoms with van der Waals surface area (Å²) in [7, 11) is 0. The maximum Gasteiger partial charge on any atom is 0.266 e. The maximum absolute atomic E-state index is 12.8. The summed E-state index contributed by atoms with van der Waals surface area (Å²) in [5.41, 5.74) is 2.88. The molecule has 1 amide bonds. The first-order chi connectivity index (χ1) is 14.9. The lowest BCUT2D eigenvalue weighted by molar-refractivity contribution is -0.122. The van der Waals surface area contributed by atoms with Crippen LogP contribution in [0.25, 0.3) is 16.7 Å². The topological polar surface area (TPSA) is 69.0 Å². The van der Waals surface area contributed by atoms with Crippen LogP contribution in [-0.2, 0) is 4.79 Å². The van der Waals surface area contributed by atoms with Crippen LogP contribution in [0.4, 0.5) is 5.82 Å². The van der Waals surface area contributed by atoms with Crippen LogP contribution in [0.3, 0.4) is 0 Å². The Hall–Kier alpha value is -3.67. The molecule has 2 heterocycles. The predicted octanol–water partition coefficient (Wildman–Crippen LogP) is 5.26. The Bertz CT molecular complexity index is 1210. The van der Waals surface area contributed by atoms with E-state index in [0.29, 0.717) is 23.3 Å². The quantitative estimate of drug-likeness (QED) is 0.467. The molecule has 0 saturated heterocycles. The second-order valence-electron chi connectivity index (χ2n) is 7.92. The van der Waals surface area contributed by atoms with E-state index in [4.69, 9.17) is 4.74 Å². The van der Waals surface area contributed by atoms with Crippen molar-refractivity contribution in [3.63, 3.8) is 0 Å². The van der Waals surface area contributed by atoms with Crippen molar-refractivity contribution in [2.24, 2.45) is 0 Å². The first-order valence-electron chi connectivity index (χ1n) is 10.4. The van der Waals surface area contributed by atoms with Crippen molar-refractivity contribution in [3.05, 3.63) is 78.0 Å². The predicted molar refractivity (Wildman–Crippen MR) is 123 cm³/mol. The van der Waals surface area contributed by atoms with E-state index in [0.717, 1.165) is 16.6 Å². The maximum atomic E-state index is 12.8. The molecule has 0 aliphatic rings. The molecule has 1 unspecified atom stereocenters. The Morgan fingerprint density at radius 2 is 1.74 bits per heavy atom. The summed E-state index contributed by atoms with van der Waals surface area (Å²) < 4.78 is 7.48. The minimum Gasteiger partial charge on any atom is -0.481 e. The lowest BCUT2D eigenvalue weighted by Gasteiger charge is -2.16. The minimum absolute atomic E-state index is 0.255. The Balaban J connectivity index is 1.51. The number of carbonyl (C=O) groups is 1. The summed E-state index contributed by atoms with van der Waals surface area (Å²) in [5.74, 6) is 2.04. The molecular weight excluding hydrogens is 388 g/mol. The normalized spacial score (nSPS) is 12.2. The van der Waals surface area contributed by atoms with Gasteiger partial charge in [0.1, 0.15) is 11.6 Å². The largest absolute Gasteiger partial charge is 0.481 e. The Kier molecular flexibility index (Phi) is 5.71. The summed E-state index contributed by atoms with van der Waals surface area (Å²) in [6, 6.07) is 21.4. The molecule has 2 aromatic heterocycles. The number of hydrogen-bond acceptors (Lipinski definition) is 4. The second-order valence-corrected chi connectivity index (χ2v) is 7.92. The molecule has 1 N–H and O–H groups in total. The lowest BCUT2D eigenvalue weighted by Crippen LogP contribution is -2.31. The van der Waals surface area contributed by atoms with E-state index < -0.39 is 6.10 Å². The lowest BCUT2D eigenvalue weighted by atomic mass is 10.0. The van der Waals surface area contributed by atoms with E-state index in [1.807, 2.05) is 73.7 Å². The fourth-order valence-electron chi connectivity index (χ4n) is 3.35. The van der Waals surface area contributed by atoms with Crippen molar-refractivity contribution in [1.82, 2.24) is 14.8 Å². The molecule has 0 saturated carbocycles. The average Bonchev–Trinajstić information content (AvgIpc) is 3.13. The van der Waals surface area contributed by atoms with Gasteiger partial charge in [0.2, 0.25) is 0 Å². The van der Waals surface area contributed by atoms with Crippen LogP contribution in [-0.4, -0.2) is 26.8 Å². The Morgan fingerprint density at radius 1 is 1.00 bits per heavy atom. The van der Waals surface area contributed by atoms with Crippen LogP contribution in [0.15, 0.2) is 66.7 Å². The zero-order valence-corrected chi connectivity index (χ0v) is 18.2. The molecule has 2 aromatic carbocycles. The molecule has 0 aliphatic heterocycles. The van der Waals surface area contributed by atoms with Crippen LogP contribution in [0.1, 0.15) is 37.9 Å². The fourth-order valence-corrected chi connectivity index (χ4v) is 3.35. The Labute approximate surface area is 181 Å². The average molecular weight is 415 g/mol. The van der Waals surface area contributed by atoms with Gasteiger partial charge in [0, 0.05) is 11.5 Å². The number of ether oxygens (including phenoxy) is 1. The zero-order valence-electron chi connectivity index (χ0n) is 18.2. The molecule has 4 rings (SSSR count). The van der Waals surface area contributed by atoms with E-state index >= 15 is 0 Å². The van der Waals surface area contributed by atoms with Gasteiger partial charge in [-0.1, -0.05) is 44.2 Å². The third-order valence-corrected chi connectivity index (χ3v) is 5.11. The van der Waals surface area contributed by atoms with Gasteiger partial charge in [-0.15, -0.1) is 0 Å². The van der Waals surface area contributed by atoms with Gasteiger partial charge in [0.05, 0.1) is 11.2 Å². The van der Waals surface area contributed by atoms with Crippen LogP contribution in [0.2, 0.25) is 0 Å². The SMILES string of the molecule is Cc1cc(NC(=O)C(C)Oc2ccc(C(C)C)cc2)n(-c2ccc3ccccc3n2)n1. The molecule has 6 heteroatoms. The summed E-state index contributed by atoms with van der Waals surface area (Å²) in [6.07, 6.45) is -0.668. The molecule has 0 bridgehead atoms. The number of aromatic nitrogens is 3. The number of nitrogens with one attached hydrogen (secondary N) is 1. The van der Waals surface area contributed by atoms with Crippen LogP contribution < -0.4 is 10.1 Å². The number of hydrogen-bond donors (Lipinski definition) is 1. The molecule has 4 aromatic rings. The summed E-state index contributed by atoms with van der Waals surface area (Å²) in [4.78, 5) is 17.5. The van der Waals surface area contributed by atoms with E-state index in [1.54, 1.807) is 11.6 Å². The van der Waals surface area contributed by atoms with E-state index in [2.05, 4.69) is 29.2 Å². The van der Waals surface area contributed by atoms with Gasteiger partial charge in [0.25, 0.3) is 5.91 Å². The molecular formula is C25H26N4O2. The molecule has 0 radical (unpaired) electrons. The van der Waals surface area contributed by atoms with Crippen molar-refractivity contribution in [2.45, 2.75) is 39.7 Å². The number of fused-ring (bicyclic) bond motifs is 1. The van der Waals surface area contributed by atoms with Gasteiger partial charge >= 0.3 is 0 Å². The second kappa shape index (κ2) is 8.60. The van der Waals surface area contributed by atoms with Gasteiger partial charge in [0.15, 0.2) is 11.9 Å². The van der Waals surface area contributed by atoms with E-state index in [9.17, 15) is 4.79 Å². The number of pyridine rings is 1. The molecule has 6 nitrogen and oxygen atoms in total. The van der Waals surface area contributed by atoms with E-state index in [-0.39, 0.29) is 5.91 Å².